The molecule has 1 aliphatic heterocycles. The summed E-state index contributed by atoms with van der Waals surface area (Å²) in [5.41, 5.74) is 0.598. The van der Waals surface area contributed by atoms with Crippen molar-refractivity contribution < 1.29 is 23.3 Å². The van der Waals surface area contributed by atoms with Gasteiger partial charge >= 0.3 is 6.09 Å². The van der Waals surface area contributed by atoms with E-state index in [1.165, 1.54) is 0 Å². The Balaban J connectivity index is 1.08. The van der Waals surface area contributed by atoms with Crippen LogP contribution in [0.15, 0.2) is 45.3 Å². The maximum Gasteiger partial charge on any atom is 0.410 e. The third-order valence-electron chi connectivity index (χ3n) is 5.96. The Kier molecular flexibility index (Phi) is 5.59. The summed E-state index contributed by atoms with van der Waals surface area (Å²) in [6.45, 7) is 6.53. The Hall–Kier alpha value is -3.69. The molecule has 2 fully saturated rings. The Morgan fingerprint density at radius 2 is 1.74 bits per heavy atom. The van der Waals surface area contributed by atoms with E-state index >= 15 is 0 Å². The van der Waals surface area contributed by atoms with Crippen LogP contribution in [-0.4, -0.2) is 57.0 Å². The number of benzene rings is 1. The van der Waals surface area contributed by atoms with Gasteiger partial charge < -0.3 is 23.9 Å². The van der Waals surface area contributed by atoms with Gasteiger partial charge in [-0.25, -0.2) is 4.79 Å². The number of likely N-dealkylation sites (tertiary alicyclic amines) is 1. The first-order chi connectivity index (χ1) is 16.2. The minimum atomic E-state index is -0.520. The van der Waals surface area contributed by atoms with Gasteiger partial charge in [0.05, 0.1) is 5.92 Å². The van der Waals surface area contributed by atoms with E-state index in [9.17, 15) is 9.59 Å². The molecule has 34 heavy (non-hydrogen) atoms. The van der Waals surface area contributed by atoms with Crippen molar-refractivity contribution >= 4 is 12.0 Å². The van der Waals surface area contributed by atoms with Crippen molar-refractivity contribution in [3.8, 4) is 11.3 Å². The van der Waals surface area contributed by atoms with Gasteiger partial charge in [0.25, 0.3) is 5.91 Å². The lowest BCUT2D eigenvalue weighted by Crippen LogP contribution is -2.50. The van der Waals surface area contributed by atoms with Crippen molar-refractivity contribution in [2.24, 2.45) is 0 Å². The zero-order valence-electron chi connectivity index (χ0n) is 19.4. The largest absolute Gasteiger partial charge is 0.444 e. The molecule has 10 heteroatoms. The highest BCUT2D eigenvalue weighted by atomic mass is 16.6. The second-order valence-electron chi connectivity index (χ2n) is 9.84. The molecule has 1 aromatic carbocycles. The SMILES string of the molecule is CC(C)(C)OC(=O)N1CC(c2nnc([C@H]3C[C@H](NC(=O)c4cc(-c5ccccc5)on4)C3)o2)C1. The molecule has 0 radical (unpaired) electrons. The van der Waals surface area contributed by atoms with Gasteiger partial charge in [-0.3, -0.25) is 4.79 Å². The summed E-state index contributed by atoms with van der Waals surface area (Å²) in [5.74, 6) is 1.53. The van der Waals surface area contributed by atoms with Gasteiger partial charge in [0.15, 0.2) is 11.5 Å². The topological polar surface area (TPSA) is 124 Å². The molecule has 2 amide bonds. The predicted molar refractivity (Wildman–Crippen MR) is 120 cm³/mol. The fraction of sp³-hybridized carbons (Fsp3) is 0.458. The van der Waals surface area contributed by atoms with Crippen LogP contribution in [-0.2, 0) is 4.74 Å². The molecule has 178 valence electrons. The molecule has 3 heterocycles. The first-order valence-electron chi connectivity index (χ1n) is 11.4. The normalized spacial score (nSPS) is 20.4. The number of ether oxygens (including phenoxy) is 1. The fourth-order valence-corrected chi connectivity index (χ4v) is 4.00. The molecule has 0 bridgehead atoms. The van der Waals surface area contributed by atoms with Crippen LogP contribution in [0.3, 0.4) is 0 Å². The molecule has 1 N–H and O–H groups in total. The number of nitrogens with zero attached hydrogens (tertiary/aromatic N) is 4. The van der Waals surface area contributed by atoms with E-state index in [2.05, 4.69) is 20.7 Å². The van der Waals surface area contributed by atoms with Crippen molar-refractivity contribution in [1.82, 2.24) is 25.6 Å². The second kappa shape index (κ2) is 8.58. The number of rotatable bonds is 5. The molecule has 2 aromatic heterocycles. The summed E-state index contributed by atoms with van der Waals surface area (Å²) in [5, 5.41) is 15.2. The lowest BCUT2D eigenvalue weighted by Gasteiger charge is -2.38. The highest BCUT2D eigenvalue weighted by Gasteiger charge is 2.40. The Morgan fingerprint density at radius 1 is 1.06 bits per heavy atom. The number of nitrogens with one attached hydrogen (secondary N) is 1. The molecule has 5 rings (SSSR count). The van der Waals surface area contributed by atoms with Crippen LogP contribution in [0, 0.1) is 0 Å². The number of carbonyl (C=O) groups excluding carboxylic acids is 2. The Bertz CT molecular complexity index is 1170. The highest BCUT2D eigenvalue weighted by Crippen LogP contribution is 2.38. The van der Waals surface area contributed by atoms with Crippen LogP contribution in [0.25, 0.3) is 11.3 Å². The van der Waals surface area contributed by atoms with Crippen LogP contribution in [0.4, 0.5) is 4.79 Å². The van der Waals surface area contributed by atoms with Gasteiger partial charge in [-0.2, -0.15) is 0 Å². The smallest absolute Gasteiger partial charge is 0.410 e. The summed E-state index contributed by atoms with van der Waals surface area (Å²) in [6.07, 6.45) is 1.10. The molecule has 10 nitrogen and oxygen atoms in total. The van der Waals surface area contributed by atoms with Crippen LogP contribution < -0.4 is 5.32 Å². The van der Waals surface area contributed by atoms with Crippen molar-refractivity contribution in [1.29, 1.82) is 0 Å². The molecule has 3 aromatic rings. The number of hydrogen-bond acceptors (Lipinski definition) is 8. The van der Waals surface area contributed by atoms with Crippen molar-refractivity contribution in [2.75, 3.05) is 13.1 Å². The lowest BCUT2D eigenvalue weighted by molar-refractivity contribution is 0.00586. The Morgan fingerprint density at radius 3 is 2.41 bits per heavy atom. The maximum absolute atomic E-state index is 12.5. The molecular weight excluding hydrogens is 438 g/mol. The van der Waals surface area contributed by atoms with Crippen LogP contribution >= 0.6 is 0 Å². The van der Waals surface area contributed by atoms with E-state index in [4.69, 9.17) is 13.7 Å². The number of hydrogen-bond donors (Lipinski definition) is 1. The zero-order chi connectivity index (χ0) is 23.9. The van der Waals surface area contributed by atoms with Gasteiger partial charge in [0.2, 0.25) is 11.8 Å². The van der Waals surface area contributed by atoms with E-state index in [1.54, 1.807) is 11.0 Å². The third kappa shape index (κ3) is 4.66. The van der Waals surface area contributed by atoms with E-state index in [0.717, 1.165) is 5.56 Å². The van der Waals surface area contributed by atoms with E-state index in [1.807, 2.05) is 51.1 Å². The average molecular weight is 466 g/mol. The molecule has 1 saturated carbocycles. The Labute approximate surface area is 196 Å². The van der Waals surface area contributed by atoms with E-state index in [-0.39, 0.29) is 35.6 Å². The first-order valence-corrected chi connectivity index (χ1v) is 11.4. The quantitative estimate of drug-likeness (QED) is 0.604. The molecule has 0 unspecified atom stereocenters. The molecular formula is C24H27N5O5. The van der Waals surface area contributed by atoms with Crippen LogP contribution in [0.5, 0.6) is 0 Å². The van der Waals surface area contributed by atoms with E-state index < -0.39 is 5.60 Å². The van der Waals surface area contributed by atoms with Gasteiger partial charge in [-0.1, -0.05) is 35.5 Å². The van der Waals surface area contributed by atoms with Crippen molar-refractivity contribution in [3.63, 3.8) is 0 Å². The maximum atomic E-state index is 12.5. The van der Waals surface area contributed by atoms with Crippen LogP contribution in [0.1, 0.15) is 67.7 Å². The van der Waals surface area contributed by atoms with Gasteiger partial charge in [0, 0.05) is 36.7 Å². The summed E-state index contributed by atoms with van der Waals surface area (Å²) < 4.78 is 16.5. The monoisotopic (exact) mass is 465 g/mol. The number of aromatic nitrogens is 3. The molecule has 0 atom stereocenters. The second-order valence-corrected chi connectivity index (χ2v) is 9.84. The lowest BCUT2D eigenvalue weighted by atomic mass is 9.80. The standard InChI is InChI=1S/C24H27N5O5/c1-24(2,3)33-23(31)29-12-16(13-29)22-27-26-21(32-22)15-9-17(10-15)25-20(30)18-11-19(34-28-18)14-7-5-4-6-8-14/h4-8,11,15-17H,9-10,12-13H2,1-3H3,(H,25,30)/t15-,17-. The first kappa shape index (κ1) is 22.1. The average Bonchev–Trinajstić information content (AvgIpc) is 3.39. The third-order valence-corrected chi connectivity index (χ3v) is 5.96. The zero-order valence-corrected chi connectivity index (χ0v) is 19.4. The summed E-state index contributed by atoms with van der Waals surface area (Å²) in [4.78, 5) is 26.2. The van der Waals surface area contributed by atoms with E-state index in [0.29, 0.717) is 43.5 Å². The summed E-state index contributed by atoms with van der Waals surface area (Å²) in [6, 6.07) is 11.2. The van der Waals surface area contributed by atoms with Crippen LogP contribution in [0.2, 0.25) is 0 Å². The molecule has 1 saturated heterocycles. The molecule has 1 aliphatic carbocycles. The molecule has 2 aliphatic rings. The predicted octanol–water partition coefficient (Wildman–Crippen LogP) is 3.73. The van der Waals surface area contributed by atoms with Crippen molar-refractivity contribution in [2.45, 2.75) is 57.1 Å². The summed E-state index contributed by atoms with van der Waals surface area (Å²) in [7, 11) is 0. The number of amides is 2. The molecule has 0 spiro atoms. The summed E-state index contributed by atoms with van der Waals surface area (Å²) >= 11 is 0. The van der Waals surface area contributed by atoms with Gasteiger partial charge in [-0.15, -0.1) is 10.2 Å². The highest BCUT2D eigenvalue weighted by molar-refractivity contribution is 5.93. The minimum Gasteiger partial charge on any atom is -0.444 e. The van der Waals surface area contributed by atoms with Crippen molar-refractivity contribution in [3.05, 3.63) is 53.9 Å². The minimum absolute atomic E-state index is 0.0103. The fourth-order valence-electron chi connectivity index (χ4n) is 4.00. The number of carbonyl (C=O) groups is 2. The van der Waals surface area contributed by atoms with Gasteiger partial charge in [-0.05, 0) is 33.6 Å². The van der Waals surface area contributed by atoms with Gasteiger partial charge in [0.1, 0.15) is 5.60 Å².